The summed E-state index contributed by atoms with van der Waals surface area (Å²) in [6, 6.07) is 61.4. The van der Waals surface area contributed by atoms with E-state index in [1.54, 1.807) is 0 Å². The van der Waals surface area contributed by atoms with E-state index in [2.05, 4.69) is 86.8 Å². The Bertz CT molecular complexity index is 2820. The van der Waals surface area contributed by atoms with Crippen LogP contribution in [0.1, 0.15) is 72.9 Å². The van der Waals surface area contributed by atoms with Crippen LogP contribution in [0.5, 0.6) is 0 Å². The van der Waals surface area contributed by atoms with Crippen LogP contribution >= 0.6 is 0 Å². The quantitative estimate of drug-likeness (QED) is 0.0707. The van der Waals surface area contributed by atoms with E-state index >= 15 is 0 Å². The molecular weight excluding hydrogens is 785 g/mol. The molecule has 0 saturated carbocycles. The number of nitrogens with zero attached hydrogens (tertiary/aromatic N) is 7. The highest BCUT2D eigenvalue weighted by molar-refractivity contribution is 6.12. The van der Waals surface area contributed by atoms with Gasteiger partial charge in [-0.25, -0.2) is 24.9 Å². The molecule has 0 amide bonds. The first-order valence-corrected chi connectivity index (χ1v) is 21.7. The van der Waals surface area contributed by atoms with Gasteiger partial charge < -0.3 is 10.6 Å². The molecule has 0 unspecified atom stereocenters. The van der Waals surface area contributed by atoms with Crippen molar-refractivity contribution < 1.29 is 0 Å². The average molecular weight is 837 g/mol. The predicted molar refractivity (Wildman–Crippen MR) is 267 cm³/mol. The van der Waals surface area contributed by atoms with Gasteiger partial charge in [-0.3, -0.25) is 4.99 Å². The van der Waals surface area contributed by atoms with Crippen LogP contribution in [0.3, 0.4) is 0 Å². The van der Waals surface area contributed by atoms with Crippen LogP contribution in [0.15, 0.2) is 197 Å². The Labute approximate surface area is 376 Å². The van der Waals surface area contributed by atoms with Gasteiger partial charge >= 0.3 is 0 Å². The number of nitrogen functional groups attached to an aromatic ring is 1. The van der Waals surface area contributed by atoms with Crippen molar-refractivity contribution in [2.45, 2.75) is 52.6 Å². The third-order valence-corrected chi connectivity index (χ3v) is 11.0. The first-order valence-electron chi connectivity index (χ1n) is 21.7. The zero-order chi connectivity index (χ0) is 44.4. The Hall–Kier alpha value is -7.84. The highest BCUT2D eigenvalue weighted by atomic mass is 15.1. The van der Waals surface area contributed by atoms with E-state index in [0.29, 0.717) is 59.8 Å². The van der Waals surface area contributed by atoms with E-state index in [-0.39, 0.29) is 0 Å². The minimum Gasteiger partial charge on any atom is -0.397 e. The zero-order valence-corrected chi connectivity index (χ0v) is 36.8. The predicted octanol–water partition coefficient (Wildman–Crippen LogP) is 13.1. The van der Waals surface area contributed by atoms with Crippen LogP contribution in [0, 0.1) is 0 Å². The van der Waals surface area contributed by atoms with Crippen LogP contribution in [-0.2, 0) is 13.1 Å². The summed E-state index contributed by atoms with van der Waals surface area (Å²) >= 11 is 0. The van der Waals surface area contributed by atoms with Crippen LogP contribution in [0.4, 0.5) is 17.1 Å². The summed E-state index contributed by atoms with van der Waals surface area (Å²) in [6.45, 7) is 13.6. The lowest BCUT2D eigenvalue weighted by atomic mass is 9.94. The molecule has 1 heterocycles. The highest BCUT2D eigenvalue weighted by Gasteiger charge is 2.20. The molecule has 8 nitrogen and oxygen atoms in total. The Morgan fingerprint density at radius 3 is 1.52 bits per heavy atom. The van der Waals surface area contributed by atoms with E-state index in [0.717, 1.165) is 50.3 Å². The van der Waals surface area contributed by atoms with Crippen molar-refractivity contribution in [3.05, 3.63) is 215 Å². The van der Waals surface area contributed by atoms with Crippen molar-refractivity contribution in [2.75, 3.05) is 10.6 Å². The smallest absolute Gasteiger partial charge is 0.164 e. The molecule has 0 aliphatic carbocycles. The lowest BCUT2D eigenvalue weighted by Crippen LogP contribution is -2.19. The maximum atomic E-state index is 6.82. The first-order chi connectivity index (χ1) is 31.2. The summed E-state index contributed by atoms with van der Waals surface area (Å²) in [6.07, 6.45) is 0. The fourth-order valence-corrected chi connectivity index (χ4v) is 7.55. The van der Waals surface area contributed by atoms with E-state index in [1.165, 1.54) is 11.1 Å². The maximum Gasteiger partial charge on any atom is 0.164 e. The number of aliphatic imine (C=N–C) groups is 3. The molecule has 2 N–H and O–H groups in total. The van der Waals surface area contributed by atoms with Crippen LogP contribution in [0.2, 0.25) is 0 Å². The molecule has 316 valence electrons. The topological polar surface area (TPSA) is 105 Å². The number of aromatic nitrogens is 3. The summed E-state index contributed by atoms with van der Waals surface area (Å²) in [4.78, 5) is 32.1. The molecule has 0 spiro atoms. The van der Waals surface area contributed by atoms with Crippen molar-refractivity contribution >= 4 is 35.5 Å². The molecule has 8 rings (SSSR count). The number of anilines is 3. The molecule has 0 aliphatic rings. The van der Waals surface area contributed by atoms with Gasteiger partial charge in [-0.2, -0.15) is 0 Å². The number of rotatable bonds is 13. The Morgan fingerprint density at radius 1 is 0.531 bits per heavy atom. The standard InChI is InChI=1S/C56H52N8/c1-38(2)46-33-47(39(3)4)35-49(34-46)64(51-29-19-18-28-50(51)57)37-41-30-40(36-59-53(43-22-12-7-13-23-43)60-52(58-5)42-20-10-6-11-21-42)31-48(32-41)56-62-54(44-24-14-8-15-25-44)61-55(63-56)45-26-16-9-17-27-45/h6-35,38-39H,5,36-37,57H2,1-4H3. The van der Waals surface area contributed by atoms with Gasteiger partial charge in [-0.1, -0.05) is 173 Å². The van der Waals surface area contributed by atoms with Gasteiger partial charge in [-0.05, 0) is 77.2 Å². The fourth-order valence-electron chi connectivity index (χ4n) is 7.55. The SMILES string of the molecule is C=NC(=NC(=NCc1cc(CN(c2cc(C(C)C)cc(C(C)C)c2)c2ccccc2N)cc(-c2nc(-c3ccccc3)nc(-c3ccccc3)n2)c1)c1ccccc1)c1ccccc1. The Balaban J connectivity index is 1.32. The number of hydrogen-bond acceptors (Lipinski definition) is 6. The monoisotopic (exact) mass is 836 g/mol. The van der Waals surface area contributed by atoms with Crippen molar-refractivity contribution in [1.82, 2.24) is 15.0 Å². The molecule has 1 aromatic heterocycles. The second kappa shape index (κ2) is 19.9. The average Bonchev–Trinajstić information content (AvgIpc) is 3.34. The molecule has 8 heteroatoms. The number of nitrogens with two attached hydrogens (primary N) is 1. The van der Waals surface area contributed by atoms with Gasteiger partial charge in [0.05, 0.1) is 17.9 Å². The molecule has 0 saturated heterocycles. The summed E-state index contributed by atoms with van der Waals surface area (Å²) in [5.74, 6) is 3.44. The molecule has 0 atom stereocenters. The second-order valence-electron chi connectivity index (χ2n) is 16.4. The maximum absolute atomic E-state index is 6.82. The number of amidine groups is 2. The lowest BCUT2D eigenvalue weighted by molar-refractivity contribution is 0.829. The van der Waals surface area contributed by atoms with Crippen molar-refractivity contribution in [2.24, 2.45) is 15.0 Å². The molecule has 64 heavy (non-hydrogen) atoms. The minimum absolute atomic E-state index is 0.309. The Kier molecular flexibility index (Phi) is 13.3. The number of hydrogen-bond donors (Lipinski definition) is 1. The van der Waals surface area contributed by atoms with Gasteiger partial charge in [0.15, 0.2) is 29.1 Å². The van der Waals surface area contributed by atoms with Crippen molar-refractivity contribution in [3.63, 3.8) is 0 Å². The van der Waals surface area contributed by atoms with Crippen LogP contribution in [0.25, 0.3) is 34.2 Å². The third-order valence-electron chi connectivity index (χ3n) is 11.0. The van der Waals surface area contributed by atoms with E-state index in [4.69, 9.17) is 30.7 Å². The van der Waals surface area contributed by atoms with Crippen molar-refractivity contribution in [1.29, 1.82) is 0 Å². The van der Waals surface area contributed by atoms with E-state index in [1.807, 2.05) is 140 Å². The van der Waals surface area contributed by atoms with Gasteiger partial charge in [-0.15, -0.1) is 0 Å². The summed E-state index contributed by atoms with van der Waals surface area (Å²) in [5.41, 5.74) is 18.4. The van der Waals surface area contributed by atoms with Gasteiger partial charge in [0.25, 0.3) is 0 Å². The molecule has 0 bridgehead atoms. The molecule has 0 fully saturated rings. The Morgan fingerprint density at radius 2 is 1.00 bits per heavy atom. The molecule has 0 radical (unpaired) electrons. The van der Waals surface area contributed by atoms with Crippen LogP contribution in [-0.4, -0.2) is 33.3 Å². The largest absolute Gasteiger partial charge is 0.397 e. The van der Waals surface area contributed by atoms with Gasteiger partial charge in [0, 0.05) is 40.0 Å². The number of benzene rings is 7. The molecule has 8 aromatic rings. The fraction of sp³-hybridized carbons (Fsp3) is 0.143. The van der Waals surface area contributed by atoms with E-state index < -0.39 is 0 Å². The first kappa shape index (κ1) is 42.8. The van der Waals surface area contributed by atoms with Gasteiger partial charge in [0.2, 0.25) is 0 Å². The zero-order valence-electron chi connectivity index (χ0n) is 36.8. The normalized spacial score (nSPS) is 11.8. The lowest BCUT2D eigenvalue weighted by Gasteiger charge is -2.29. The third kappa shape index (κ3) is 10.3. The highest BCUT2D eigenvalue weighted by Crippen LogP contribution is 2.37. The molecular formula is C56H52N8. The van der Waals surface area contributed by atoms with Gasteiger partial charge in [0.1, 0.15) is 0 Å². The van der Waals surface area contributed by atoms with Crippen molar-refractivity contribution in [3.8, 4) is 34.2 Å². The summed E-state index contributed by atoms with van der Waals surface area (Å²) in [5, 5.41) is 0. The molecule has 0 aliphatic heterocycles. The van der Waals surface area contributed by atoms with Crippen LogP contribution < -0.4 is 10.6 Å². The summed E-state index contributed by atoms with van der Waals surface area (Å²) in [7, 11) is 0. The molecule has 7 aromatic carbocycles. The summed E-state index contributed by atoms with van der Waals surface area (Å²) < 4.78 is 0. The number of para-hydroxylation sites is 2. The minimum atomic E-state index is 0.309. The van der Waals surface area contributed by atoms with E-state index in [9.17, 15) is 0 Å². The second-order valence-corrected chi connectivity index (χ2v) is 16.4.